The first kappa shape index (κ1) is 23.5. The van der Waals surface area contributed by atoms with Gasteiger partial charge in [0.1, 0.15) is 5.75 Å². The molecule has 4 rings (SSSR count). The maximum atomic E-state index is 12.8. The van der Waals surface area contributed by atoms with Crippen molar-refractivity contribution >= 4 is 17.3 Å². The number of ether oxygens (including phenoxy) is 2. The number of rotatable bonds is 8. The number of piperazine rings is 1. The number of hydrogen-bond acceptors (Lipinski definition) is 6. The Bertz CT molecular complexity index is 873. The third kappa shape index (κ3) is 6.47. The lowest BCUT2D eigenvalue weighted by Crippen LogP contribution is -2.53. The molecule has 2 aromatic rings. The minimum absolute atomic E-state index is 0.0563. The molecular formula is C26H36N4O3. The third-order valence-corrected chi connectivity index (χ3v) is 6.72. The zero-order valence-corrected chi connectivity index (χ0v) is 19.8. The summed E-state index contributed by atoms with van der Waals surface area (Å²) in [5, 5.41) is 3.09. The van der Waals surface area contributed by atoms with Crippen molar-refractivity contribution in [3.63, 3.8) is 0 Å². The van der Waals surface area contributed by atoms with E-state index in [1.54, 1.807) is 7.11 Å². The van der Waals surface area contributed by atoms with Crippen molar-refractivity contribution in [2.75, 3.05) is 76.4 Å². The van der Waals surface area contributed by atoms with Gasteiger partial charge in [0.05, 0.1) is 26.4 Å². The van der Waals surface area contributed by atoms with Crippen LogP contribution in [0.25, 0.3) is 0 Å². The summed E-state index contributed by atoms with van der Waals surface area (Å²) in [5.41, 5.74) is 3.35. The van der Waals surface area contributed by atoms with Crippen molar-refractivity contribution in [1.82, 2.24) is 9.80 Å². The number of amides is 1. The fourth-order valence-electron chi connectivity index (χ4n) is 4.44. The molecule has 2 heterocycles. The minimum Gasteiger partial charge on any atom is -0.497 e. The minimum atomic E-state index is -0.146. The summed E-state index contributed by atoms with van der Waals surface area (Å²) < 4.78 is 10.6. The lowest BCUT2D eigenvalue weighted by Gasteiger charge is -2.37. The second kappa shape index (κ2) is 11.5. The number of hydrogen-bond donors (Lipinski definition) is 1. The highest BCUT2D eigenvalue weighted by Crippen LogP contribution is 2.20. The molecule has 2 saturated heterocycles. The Kier molecular flexibility index (Phi) is 8.20. The van der Waals surface area contributed by atoms with Crippen molar-refractivity contribution in [1.29, 1.82) is 0 Å². The molecule has 2 aliphatic heterocycles. The van der Waals surface area contributed by atoms with E-state index in [-0.39, 0.29) is 11.9 Å². The molecule has 1 atom stereocenters. The monoisotopic (exact) mass is 452 g/mol. The number of benzene rings is 2. The standard InChI is InChI=1S/C26H36N4O3/c1-21(26(31)27-23-5-7-24(8-6-23)30-17-19-33-20-18-30)29-15-13-28(14-16-29)12-11-22-3-9-25(32-2)10-4-22/h3-10,21H,11-20H2,1-2H3,(H,27,31). The van der Waals surface area contributed by atoms with Gasteiger partial charge in [0.2, 0.25) is 5.91 Å². The Labute approximate surface area is 197 Å². The van der Waals surface area contributed by atoms with Crippen LogP contribution in [0.3, 0.4) is 0 Å². The SMILES string of the molecule is COc1ccc(CCN2CCN(C(C)C(=O)Nc3ccc(N4CCOCC4)cc3)CC2)cc1. The van der Waals surface area contributed by atoms with E-state index in [1.165, 1.54) is 11.3 Å². The highest BCUT2D eigenvalue weighted by molar-refractivity contribution is 5.94. The highest BCUT2D eigenvalue weighted by atomic mass is 16.5. The zero-order valence-electron chi connectivity index (χ0n) is 19.8. The predicted octanol–water partition coefficient (Wildman–Crippen LogP) is 2.72. The van der Waals surface area contributed by atoms with Crippen LogP contribution in [0.5, 0.6) is 5.75 Å². The lowest BCUT2D eigenvalue weighted by molar-refractivity contribution is -0.121. The second-order valence-corrected chi connectivity index (χ2v) is 8.79. The third-order valence-electron chi connectivity index (χ3n) is 6.72. The molecule has 1 amide bonds. The number of morpholine rings is 1. The first-order valence-corrected chi connectivity index (χ1v) is 12.0. The molecule has 0 radical (unpaired) electrons. The second-order valence-electron chi connectivity index (χ2n) is 8.79. The summed E-state index contributed by atoms with van der Waals surface area (Å²) in [5.74, 6) is 0.952. The Morgan fingerprint density at radius 2 is 1.64 bits per heavy atom. The van der Waals surface area contributed by atoms with E-state index in [0.29, 0.717) is 0 Å². The first-order valence-electron chi connectivity index (χ1n) is 12.0. The van der Waals surface area contributed by atoms with E-state index in [4.69, 9.17) is 9.47 Å². The average molecular weight is 453 g/mol. The number of carbonyl (C=O) groups is 1. The first-order chi connectivity index (χ1) is 16.1. The summed E-state index contributed by atoms with van der Waals surface area (Å²) in [6.07, 6.45) is 1.03. The van der Waals surface area contributed by atoms with Gasteiger partial charge < -0.3 is 24.6 Å². The van der Waals surface area contributed by atoms with Crippen molar-refractivity contribution in [2.24, 2.45) is 0 Å². The average Bonchev–Trinajstić information content (AvgIpc) is 2.88. The Morgan fingerprint density at radius 3 is 2.27 bits per heavy atom. The van der Waals surface area contributed by atoms with Gasteiger partial charge in [-0.1, -0.05) is 12.1 Å². The lowest BCUT2D eigenvalue weighted by atomic mass is 10.1. The van der Waals surface area contributed by atoms with Crippen LogP contribution in [0.4, 0.5) is 11.4 Å². The molecule has 7 nitrogen and oxygen atoms in total. The molecule has 0 saturated carbocycles. The van der Waals surface area contributed by atoms with Gasteiger partial charge in [0.25, 0.3) is 0 Å². The Hall–Kier alpha value is -2.61. The van der Waals surface area contributed by atoms with E-state index >= 15 is 0 Å². The molecule has 7 heteroatoms. The number of anilines is 2. The summed E-state index contributed by atoms with van der Waals surface area (Å²) in [6.45, 7) is 10.2. The van der Waals surface area contributed by atoms with Gasteiger partial charge in [-0.15, -0.1) is 0 Å². The van der Waals surface area contributed by atoms with Crippen molar-refractivity contribution in [3.8, 4) is 5.75 Å². The van der Waals surface area contributed by atoms with Crippen LogP contribution in [0, 0.1) is 0 Å². The van der Waals surface area contributed by atoms with E-state index in [0.717, 1.165) is 76.9 Å². The maximum Gasteiger partial charge on any atom is 0.241 e. The Balaban J connectivity index is 1.20. The number of carbonyl (C=O) groups excluding carboxylic acids is 1. The summed E-state index contributed by atoms with van der Waals surface area (Å²) in [7, 11) is 1.69. The van der Waals surface area contributed by atoms with Gasteiger partial charge in [0.15, 0.2) is 0 Å². The van der Waals surface area contributed by atoms with E-state index in [1.807, 2.05) is 31.2 Å². The van der Waals surface area contributed by atoms with Crippen LogP contribution >= 0.6 is 0 Å². The topological polar surface area (TPSA) is 57.3 Å². The zero-order chi connectivity index (χ0) is 23.0. The van der Waals surface area contributed by atoms with Crippen LogP contribution in [0.2, 0.25) is 0 Å². The molecule has 0 bridgehead atoms. The molecular weight excluding hydrogens is 416 g/mol. The van der Waals surface area contributed by atoms with Crippen LogP contribution in [0.15, 0.2) is 48.5 Å². The van der Waals surface area contributed by atoms with Gasteiger partial charge in [-0.25, -0.2) is 0 Å². The van der Waals surface area contributed by atoms with Gasteiger partial charge in [-0.05, 0) is 55.3 Å². The van der Waals surface area contributed by atoms with Crippen LogP contribution in [-0.4, -0.2) is 87.9 Å². The quantitative estimate of drug-likeness (QED) is 0.665. The molecule has 178 valence electrons. The summed E-state index contributed by atoms with van der Waals surface area (Å²) in [6, 6.07) is 16.3. The summed E-state index contributed by atoms with van der Waals surface area (Å²) in [4.78, 5) is 19.9. The number of nitrogens with one attached hydrogen (secondary N) is 1. The molecule has 33 heavy (non-hydrogen) atoms. The molecule has 2 fully saturated rings. The number of nitrogens with zero attached hydrogens (tertiary/aromatic N) is 3. The highest BCUT2D eigenvalue weighted by Gasteiger charge is 2.25. The van der Waals surface area contributed by atoms with E-state index in [2.05, 4.69) is 44.3 Å². The van der Waals surface area contributed by atoms with Crippen LogP contribution in [-0.2, 0) is 16.0 Å². The summed E-state index contributed by atoms with van der Waals surface area (Å²) >= 11 is 0. The number of methoxy groups -OCH3 is 1. The van der Waals surface area contributed by atoms with Crippen LogP contribution in [0.1, 0.15) is 12.5 Å². The van der Waals surface area contributed by atoms with Gasteiger partial charge in [-0.2, -0.15) is 0 Å². The molecule has 0 spiro atoms. The Morgan fingerprint density at radius 1 is 0.970 bits per heavy atom. The van der Waals surface area contributed by atoms with E-state index < -0.39 is 0 Å². The van der Waals surface area contributed by atoms with Crippen LogP contribution < -0.4 is 15.0 Å². The van der Waals surface area contributed by atoms with Crippen molar-refractivity contribution in [2.45, 2.75) is 19.4 Å². The van der Waals surface area contributed by atoms with Crippen molar-refractivity contribution in [3.05, 3.63) is 54.1 Å². The molecule has 0 aliphatic carbocycles. The van der Waals surface area contributed by atoms with E-state index in [9.17, 15) is 4.79 Å². The molecule has 0 aromatic heterocycles. The van der Waals surface area contributed by atoms with Gasteiger partial charge in [-0.3, -0.25) is 9.69 Å². The molecule has 2 aliphatic rings. The smallest absolute Gasteiger partial charge is 0.241 e. The van der Waals surface area contributed by atoms with Crippen molar-refractivity contribution < 1.29 is 14.3 Å². The molecule has 1 N–H and O–H groups in total. The fraction of sp³-hybridized carbons (Fsp3) is 0.500. The predicted molar refractivity (Wildman–Crippen MR) is 132 cm³/mol. The largest absolute Gasteiger partial charge is 0.497 e. The normalized spacial score (nSPS) is 18.7. The molecule has 2 aromatic carbocycles. The van der Waals surface area contributed by atoms with Gasteiger partial charge >= 0.3 is 0 Å². The fourth-order valence-corrected chi connectivity index (χ4v) is 4.44. The van der Waals surface area contributed by atoms with Gasteiger partial charge in [0, 0.05) is 57.2 Å². The maximum absolute atomic E-state index is 12.8. The molecule has 1 unspecified atom stereocenters.